The van der Waals surface area contributed by atoms with Crippen molar-refractivity contribution in [2.45, 2.75) is 0 Å². The van der Waals surface area contributed by atoms with E-state index in [2.05, 4.69) is 10.5 Å². The lowest BCUT2D eigenvalue weighted by Crippen LogP contribution is -2.05. The Morgan fingerprint density at radius 1 is 1.54 bits per heavy atom. The normalized spacial score (nSPS) is 9.62. The average molecular weight is 181 g/mol. The molecule has 0 amide bonds. The van der Waals surface area contributed by atoms with Gasteiger partial charge < -0.3 is 16.2 Å². The molecule has 0 spiro atoms. The summed E-state index contributed by atoms with van der Waals surface area (Å²) in [6, 6.07) is 4.86. The van der Waals surface area contributed by atoms with Crippen molar-refractivity contribution in [3.05, 3.63) is 23.1 Å². The van der Waals surface area contributed by atoms with E-state index in [9.17, 15) is 4.91 Å². The van der Waals surface area contributed by atoms with Crippen LogP contribution in [0.25, 0.3) is 0 Å². The molecule has 0 aliphatic rings. The Balaban J connectivity index is 2.80. The fourth-order valence-electron chi connectivity index (χ4n) is 0.933. The van der Waals surface area contributed by atoms with Gasteiger partial charge in [-0.15, -0.1) is 4.91 Å². The minimum absolute atomic E-state index is 0.0359. The molecule has 5 nitrogen and oxygen atoms in total. The maximum Gasteiger partial charge on any atom is 0.132 e. The fraction of sp³-hybridized carbons (Fsp3) is 0.250. The molecule has 0 fully saturated rings. The zero-order chi connectivity index (χ0) is 9.68. The lowest BCUT2D eigenvalue weighted by Gasteiger charge is -2.05. The summed E-state index contributed by atoms with van der Waals surface area (Å²) < 4.78 is 0. The second-order valence-corrected chi connectivity index (χ2v) is 2.52. The van der Waals surface area contributed by atoms with Crippen LogP contribution in [0.3, 0.4) is 0 Å². The Kier molecular flexibility index (Phi) is 3.22. The number of hydrogen-bond donors (Lipinski definition) is 3. The number of benzene rings is 1. The van der Waals surface area contributed by atoms with Crippen LogP contribution in [0.15, 0.2) is 23.4 Å². The van der Waals surface area contributed by atoms with Crippen LogP contribution in [0.1, 0.15) is 0 Å². The smallest absolute Gasteiger partial charge is 0.132 e. The van der Waals surface area contributed by atoms with Crippen molar-refractivity contribution in [3.63, 3.8) is 0 Å². The van der Waals surface area contributed by atoms with Crippen molar-refractivity contribution in [2.24, 2.45) is 5.18 Å². The Labute approximate surface area is 75.5 Å². The van der Waals surface area contributed by atoms with Crippen LogP contribution in [0, 0.1) is 4.91 Å². The fourth-order valence-corrected chi connectivity index (χ4v) is 0.933. The van der Waals surface area contributed by atoms with Crippen LogP contribution in [0.5, 0.6) is 0 Å². The summed E-state index contributed by atoms with van der Waals surface area (Å²) in [5.41, 5.74) is 6.74. The molecule has 5 heteroatoms. The molecule has 13 heavy (non-hydrogen) atoms. The maximum absolute atomic E-state index is 10.2. The van der Waals surface area contributed by atoms with Crippen LogP contribution in [0.2, 0.25) is 0 Å². The number of aliphatic hydroxyl groups is 1. The van der Waals surface area contributed by atoms with Crippen LogP contribution < -0.4 is 11.1 Å². The van der Waals surface area contributed by atoms with Gasteiger partial charge in [0.1, 0.15) is 5.69 Å². The summed E-state index contributed by atoms with van der Waals surface area (Å²) >= 11 is 0. The third-order valence-electron chi connectivity index (χ3n) is 1.57. The van der Waals surface area contributed by atoms with E-state index in [1.165, 1.54) is 6.07 Å². The van der Waals surface area contributed by atoms with Crippen LogP contribution in [-0.4, -0.2) is 18.3 Å². The predicted octanol–water partition coefficient (Wildman–Crippen LogP) is 1.07. The molecular weight excluding hydrogens is 170 g/mol. The zero-order valence-electron chi connectivity index (χ0n) is 7.03. The minimum Gasteiger partial charge on any atom is -0.397 e. The summed E-state index contributed by atoms with van der Waals surface area (Å²) in [5, 5.41) is 14.2. The van der Waals surface area contributed by atoms with Gasteiger partial charge in [0.15, 0.2) is 0 Å². The van der Waals surface area contributed by atoms with Crippen molar-refractivity contribution in [2.75, 3.05) is 24.2 Å². The lowest BCUT2D eigenvalue weighted by molar-refractivity contribution is 0.311. The molecule has 1 rings (SSSR count). The maximum atomic E-state index is 10.2. The van der Waals surface area contributed by atoms with Crippen molar-refractivity contribution >= 4 is 17.1 Å². The van der Waals surface area contributed by atoms with Gasteiger partial charge >= 0.3 is 0 Å². The first-order valence-corrected chi connectivity index (χ1v) is 3.85. The summed E-state index contributed by atoms with van der Waals surface area (Å²) in [7, 11) is 0. The molecule has 1 aromatic rings. The molecule has 70 valence electrons. The van der Waals surface area contributed by atoms with Crippen LogP contribution >= 0.6 is 0 Å². The second kappa shape index (κ2) is 4.42. The highest BCUT2D eigenvalue weighted by Gasteiger charge is 1.99. The number of nitrogens with one attached hydrogen (secondary N) is 1. The van der Waals surface area contributed by atoms with Gasteiger partial charge in [-0.05, 0) is 23.4 Å². The Morgan fingerprint density at radius 3 is 2.92 bits per heavy atom. The first kappa shape index (κ1) is 9.47. The van der Waals surface area contributed by atoms with Crippen molar-refractivity contribution in [1.82, 2.24) is 0 Å². The monoisotopic (exact) mass is 181 g/mol. The number of anilines is 2. The van der Waals surface area contributed by atoms with E-state index < -0.39 is 0 Å². The highest BCUT2D eigenvalue weighted by Crippen LogP contribution is 2.25. The Hall–Kier alpha value is -1.62. The number of rotatable bonds is 4. The van der Waals surface area contributed by atoms with E-state index >= 15 is 0 Å². The zero-order valence-corrected chi connectivity index (χ0v) is 7.03. The number of hydrogen-bond acceptors (Lipinski definition) is 5. The Morgan fingerprint density at radius 2 is 2.31 bits per heavy atom. The summed E-state index contributed by atoms with van der Waals surface area (Å²) in [6.45, 7) is 0.469. The largest absolute Gasteiger partial charge is 0.397 e. The number of nitrogens with two attached hydrogens (primary N) is 1. The predicted molar refractivity (Wildman–Crippen MR) is 51.9 cm³/mol. The van der Waals surface area contributed by atoms with Gasteiger partial charge in [-0.1, -0.05) is 0 Å². The first-order chi connectivity index (χ1) is 6.27. The van der Waals surface area contributed by atoms with Crippen LogP contribution in [-0.2, 0) is 0 Å². The summed E-state index contributed by atoms with van der Waals surface area (Å²) in [4.78, 5) is 10.2. The highest BCUT2D eigenvalue weighted by atomic mass is 16.3. The van der Waals surface area contributed by atoms with Crippen molar-refractivity contribution in [3.8, 4) is 0 Å². The lowest BCUT2D eigenvalue weighted by atomic mass is 10.2. The van der Waals surface area contributed by atoms with E-state index in [-0.39, 0.29) is 12.3 Å². The van der Waals surface area contributed by atoms with Gasteiger partial charge in [-0.25, -0.2) is 0 Å². The summed E-state index contributed by atoms with van der Waals surface area (Å²) in [5.74, 6) is 0. The van der Waals surface area contributed by atoms with Gasteiger partial charge in [0.05, 0.1) is 12.3 Å². The van der Waals surface area contributed by atoms with Crippen LogP contribution in [0.4, 0.5) is 17.1 Å². The number of nitroso groups, excluding NO2 is 1. The molecule has 0 heterocycles. The van der Waals surface area contributed by atoms with Crippen molar-refractivity contribution in [1.29, 1.82) is 0 Å². The average Bonchev–Trinajstić information content (AvgIpc) is 2.16. The minimum atomic E-state index is 0.0359. The van der Waals surface area contributed by atoms with E-state index in [4.69, 9.17) is 10.8 Å². The number of aliphatic hydroxyl groups excluding tert-OH is 1. The molecule has 0 unspecified atom stereocenters. The van der Waals surface area contributed by atoms with E-state index in [1.807, 2.05) is 0 Å². The van der Waals surface area contributed by atoms with Gasteiger partial charge in [-0.3, -0.25) is 0 Å². The number of nitrogens with zero attached hydrogens (tertiary/aromatic N) is 1. The third kappa shape index (κ3) is 2.41. The molecule has 1 aromatic carbocycles. The summed E-state index contributed by atoms with van der Waals surface area (Å²) in [6.07, 6.45) is 0. The van der Waals surface area contributed by atoms with Gasteiger partial charge in [0, 0.05) is 12.2 Å². The molecule has 0 atom stereocenters. The van der Waals surface area contributed by atoms with E-state index in [0.717, 1.165) is 5.69 Å². The quantitative estimate of drug-likeness (QED) is 0.479. The van der Waals surface area contributed by atoms with E-state index in [1.54, 1.807) is 12.1 Å². The molecule has 0 aliphatic heterocycles. The standard InChI is InChI=1S/C8H11N3O2/c9-7-2-1-6(10-3-4-12)5-8(7)11-13/h1-2,5,10,12H,3-4,9H2. The van der Waals surface area contributed by atoms with Gasteiger partial charge in [-0.2, -0.15) is 0 Å². The first-order valence-electron chi connectivity index (χ1n) is 3.85. The molecule has 0 bridgehead atoms. The second-order valence-electron chi connectivity index (χ2n) is 2.52. The topological polar surface area (TPSA) is 87.7 Å². The Bertz CT molecular complexity index is 301. The molecule has 0 saturated heterocycles. The molecular formula is C8H11N3O2. The van der Waals surface area contributed by atoms with Gasteiger partial charge in [0.2, 0.25) is 0 Å². The van der Waals surface area contributed by atoms with Crippen molar-refractivity contribution < 1.29 is 5.11 Å². The molecule has 4 N–H and O–H groups in total. The molecule has 0 aromatic heterocycles. The number of nitrogen functional groups attached to an aromatic ring is 1. The molecule has 0 aliphatic carbocycles. The SMILES string of the molecule is Nc1ccc(NCCO)cc1N=O. The van der Waals surface area contributed by atoms with E-state index in [0.29, 0.717) is 12.2 Å². The molecule has 0 saturated carbocycles. The molecule has 0 radical (unpaired) electrons. The highest BCUT2D eigenvalue weighted by molar-refractivity contribution is 5.68. The van der Waals surface area contributed by atoms with Gasteiger partial charge in [0.25, 0.3) is 0 Å². The third-order valence-corrected chi connectivity index (χ3v) is 1.57.